The van der Waals surface area contributed by atoms with Crippen LogP contribution in [0.1, 0.15) is 23.9 Å². The fourth-order valence-electron chi connectivity index (χ4n) is 3.84. The highest BCUT2D eigenvalue weighted by molar-refractivity contribution is 6.33. The summed E-state index contributed by atoms with van der Waals surface area (Å²) in [5.41, 5.74) is 5.31. The van der Waals surface area contributed by atoms with Crippen molar-refractivity contribution in [2.75, 3.05) is 38.8 Å². The standard InChI is InChI=1S/C23H25ClN4O3.ClH/c1-5-6-9-27(10-11-29-3)23-18-13-31-14-20(18)25-22-21(15(2)26-28(22)23)17-8-7-16(30-4)12-19(17)24;/h7-8,12H,9-11,13-14H2,1-4H3;1H. The van der Waals surface area contributed by atoms with E-state index in [9.17, 15) is 0 Å². The Bertz CT molecular complexity index is 1180. The lowest BCUT2D eigenvalue weighted by Gasteiger charge is -2.24. The van der Waals surface area contributed by atoms with E-state index in [1.165, 1.54) is 0 Å². The summed E-state index contributed by atoms with van der Waals surface area (Å²) in [5.74, 6) is 7.80. The van der Waals surface area contributed by atoms with Crippen molar-refractivity contribution < 1.29 is 14.2 Å². The molecule has 0 saturated carbocycles. The number of aryl methyl sites for hydroxylation is 1. The summed E-state index contributed by atoms with van der Waals surface area (Å²) in [6.45, 7) is 6.58. The van der Waals surface area contributed by atoms with E-state index in [-0.39, 0.29) is 12.4 Å². The molecule has 0 aliphatic carbocycles. The maximum Gasteiger partial charge on any atom is 0.165 e. The lowest BCUT2D eigenvalue weighted by molar-refractivity contribution is 0.133. The minimum absolute atomic E-state index is 0. The summed E-state index contributed by atoms with van der Waals surface area (Å²) >= 11 is 6.61. The van der Waals surface area contributed by atoms with Crippen molar-refractivity contribution in [3.8, 4) is 28.7 Å². The van der Waals surface area contributed by atoms with E-state index in [0.717, 1.165) is 39.5 Å². The third kappa shape index (κ3) is 4.37. The zero-order valence-corrected chi connectivity index (χ0v) is 20.1. The Morgan fingerprint density at radius 3 is 2.78 bits per heavy atom. The zero-order chi connectivity index (χ0) is 22.0. The predicted octanol–water partition coefficient (Wildman–Crippen LogP) is 4.29. The van der Waals surface area contributed by atoms with Crippen LogP contribution in [0.25, 0.3) is 16.8 Å². The number of halogens is 2. The first-order valence-electron chi connectivity index (χ1n) is 10.0. The molecular weight excluding hydrogens is 451 g/mol. The SMILES string of the molecule is CC#CCN(CCOC)c1c2c(nc3c(-c4ccc(OC)cc4Cl)c(C)nn13)COC2.Cl. The number of fused-ring (bicyclic) bond motifs is 2. The van der Waals surface area contributed by atoms with E-state index in [0.29, 0.717) is 43.7 Å². The number of hydrogen-bond acceptors (Lipinski definition) is 6. The van der Waals surface area contributed by atoms with E-state index in [4.69, 9.17) is 35.9 Å². The number of aromatic nitrogens is 3. The molecule has 1 aliphatic heterocycles. The predicted molar refractivity (Wildman–Crippen MR) is 128 cm³/mol. The van der Waals surface area contributed by atoms with Crippen molar-refractivity contribution in [2.24, 2.45) is 0 Å². The van der Waals surface area contributed by atoms with Gasteiger partial charge in [0.25, 0.3) is 0 Å². The highest BCUT2D eigenvalue weighted by atomic mass is 35.5. The van der Waals surface area contributed by atoms with Gasteiger partial charge in [0.2, 0.25) is 0 Å². The fraction of sp³-hybridized carbons (Fsp3) is 0.391. The molecule has 1 aliphatic rings. The fourth-order valence-corrected chi connectivity index (χ4v) is 4.10. The molecule has 7 nitrogen and oxygen atoms in total. The Hall–Kier alpha value is -2.50. The third-order valence-electron chi connectivity index (χ3n) is 5.34. The second-order valence-electron chi connectivity index (χ2n) is 7.24. The van der Waals surface area contributed by atoms with Gasteiger partial charge in [-0.1, -0.05) is 17.5 Å². The summed E-state index contributed by atoms with van der Waals surface area (Å²) < 4.78 is 18.3. The first kappa shape index (κ1) is 24.1. The molecule has 2 aromatic heterocycles. The van der Waals surface area contributed by atoms with Crippen molar-refractivity contribution in [2.45, 2.75) is 27.1 Å². The minimum atomic E-state index is 0. The third-order valence-corrected chi connectivity index (χ3v) is 5.65. The molecule has 3 heterocycles. The van der Waals surface area contributed by atoms with Crippen molar-refractivity contribution in [3.63, 3.8) is 0 Å². The summed E-state index contributed by atoms with van der Waals surface area (Å²) in [6, 6.07) is 5.64. The topological polar surface area (TPSA) is 61.1 Å². The summed E-state index contributed by atoms with van der Waals surface area (Å²) in [6.07, 6.45) is 0. The van der Waals surface area contributed by atoms with Gasteiger partial charge in [-0.05, 0) is 32.0 Å². The Labute approximate surface area is 199 Å². The molecule has 0 N–H and O–H groups in total. The largest absolute Gasteiger partial charge is 0.497 e. The Morgan fingerprint density at radius 2 is 2.09 bits per heavy atom. The highest BCUT2D eigenvalue weighted by Gasteiger charge is 2.28. The molecule has 32 heavy (non-hydrogen) atoms. The van der Waals surface area contributed by atoms with E-state index in [2.05, 4.69) is 16.7 Å². The van der Waals surface area contributed by atoms with Crippen LogP contribution in [0.5, 0.6) is 5.75 Å². The van der Waals surface area contributed by atoms with Crippen LogP contribution in [0.4, 0.5) is 5.82 Å². The van der Waals surface area contributed by atoms with Gasteiger partial charge in [0.1, 0.15) is 11.6 Å². The molecule has 1 aromatic carbocycles. The molecule has 4 rings (SSSR count). The maximum atomic E-state index is 6.61. The van der Waals surface area contributed by atoms with Crippen molar-refractivity contribution in [3.05, 3.63) is 40.2 Å². The second kappa shape index (κ2) is 10.4. The number of nitrogens with zero attached hydrogens (tertiary/aromatic N) is 4. The number of rotatable bonds is 7. The van der Waals surface area contributed by atoms with Crippen LogP contribution in [0.2, 0.25) is 5.02 Å². The maximum absolute atomic E-state index is 6.61. The van der Waals surface area contributed by atoms with Gasteiger partial charge in [-0.15, -0.1) is 18.3 Å². The quantitative estimate of drug-likeness (QED) is 0.473. The van der Waals surface area contributed by atoms with Crippen LogP contribution in [0.15, 0.2) is 18.2 Å². The number of anilines is 1. The second-order valence-corrected chi connectivity index (χ2v) is 7.64. The van der Waals surface area contributed by atoms with Crippen LogP contribution >= 0.6 is 24.0 Å². The number of benzene rings is 1. The Balaban J connectivity index is 0.00000289. The van der Waals surface area contributed by atoms with Gasteiger partial charge in [-0.3, -0.25) is 0 Å². The van der Waals surface area contributed by atoms with Crippen LogP contribution in [-0.4, -0.2) is 48.5 Å². The van der Waals surface area contributed by atoms with Gasteiger partial charge in [0, 0.05) is 24.8 Å². The number of hydrogen-bond donors (Lipinski definition) is 0. The minimum Gasteiger partial charge on any atom is -0.497 e. The summed E-state index contributed by atoms with van der Waals surface area (Å²) in [5, 5.41) is 5.45. The van der Waals surface area contributed by atoms with Crippen molar-refractivity contribution >= 4 is 35.5 Å². The van der Waals surface area contributed by atoms with Gasteiger partial charge < -0.3 is 19.1 Å². The van der Waals surface area contributed by atoms with Gasteiger partial charge in [-0.2, -0.15) is 9.61 Å². The summed E-state index contributed by atoms with van der Waals surface area (Å²) in [4.78, 5) is 7.11. The molecular formula is C23H26Cl2N4O3. The van der Waals surface area contributed by atoms with Crippen molar-refractivity contribution in [1.82, 2.24) is 14.6 Å². The van der Waals surface area contributed by atoms with Crippen LogP contribution in [0.3, 0.4) is 0 Å². The molecule has 0 bridgehead atoms. The molecule has 0 spiro atoms. The lowest BCUT2D eigenvalue weighted by Crippen LogP contribution is -2.31. The number of methoxy groups -OCH3 is 2. The molecule has 0 saturated heterocycles. The van der Waals surface area contributed by atoms with E-state index in [1.807, 2.05) is 30.5 Å². The first-order valence-corrected chi connectivity index (χ1v) is 10.4. The molecule has 0 radical (unpaired) electrons. The monoisotopic (exact) mass is 476 g/mol. The molecule has 3 aromatic rings. The normalized spacial score (nSPS) is 12.2. The highest BCUT2D eigenvalue weighted by Crippen LogP contribution is 2.38. The average Bonchev–Trinajstić information content (AvgIpc) is 3.36. The van der Waals surface area contributed by atoms with Crippen LogP contribution < -0.4 is 9.64 Å². The van der Waals surface area contributed by atoms with E-state index in [1.54, 1.807) is 20.3 Å². The van der Waals surface area contributed by atoms with Crippen molar-refractivity contribution in [1.29, 1.82) is 0 Å². The molecule has 0 unspecified atom stereocenters. The van der Waals surface area contributed by atoms with Crippen LogP contribution in [-0.2, 0) is 22.7 Å². The molecule has 9 heteroatoms. The van der Waals surface area contributed by atoms with Gasteiger partial charge in [0.15, 0.2) is 5.65 Å². The van der Waals surface area contributed by atoms with Gasteiger partial charge in [-0.25, -0.2) is 4.98 Å². The average molecular weight is 477 g/mol. The Kier molecular flexibility index (Phi) is 7.86. The molecule has 0 fully saturated rings. The van der Waals surface area contributed by atoms with Crippen LogP contribution in [0, 0.1) is 18.8 Å². The number of ether oxygens (including phenoxy) is 3. The lowest BCUT2D eigenvalue weighted by atomic mass is 10.1. The van der Waals surface area contributed by atoms with Gasteiger partial charge in [0.05, 0.1) is 55.4 Å². The molecule has 0 amide bonds. The Morgan fingerprint density at radius 1 is 1.28 bits per heavy atom. The van der Waals surface area contributed by atoms with E-state index >= 15 is 0 Å². The van der Waals surface area contributed by atoms with Gasteiger partial charge >= 0.3 is 0 Å². The summed E-state index contributed by atoms with van der Waals surface area (Å²) in [7, 11) is 3.32. The van der Waals surface area contributed by atoms with E-state index < -0.39 is 0 Å². The first-order chi connectivity index (χ1) is 15.1. The zero-order valence-electron chi connectivity index (χ0n) is 18.6. The smallest absolute Gasteiger partial charge is 0.165 e. The molecule has 170 valence electrons. The molecule has 0 atom stereocenters.